The molecule has 0 aliphatic rings. The Balaban J connectivity index is 2.76. The normalized spacial score (nSPS) is 13.3. The number of anilines is 1. The van der Waals surface area contributed by atoms with Crippen LogP contribution in [-0.2, 0) is 11.2 Å². The van der Waals surface area contributed by atoms with Gasteiger partial charge in [-0.2, -0.15) is 0 Å². The topological polar surface area (TPSA) is 84.2 Å². The van der Waals surface area contributed by atoms with Crippen LogP contribution in [0.15, 0.2) is 24.3 Å². The third-order valence-corrected chi connectivity index (χ3v) is 3.42. The van der Waals surface area contributed by atoms with Crippen molar-refractivity contribution in [2.75, 3.05) is 5.32 Å². The Morgan fingerprint density at radius 2 is 1.80 bits per heavy atom. The van der Waals surface area contributed by atoms with E-state index >= 15 is 0 Å². The quantitative estimate of drug-likeness (QED) is 0.745. The average Bonchev–Trinajstić information content (AvgIpc) is 2.44. The number of amides is 3. The summed E-state index contributed by atoms with van der Waals surface area (Å²) < 4.78 is 0. The van der Waals surface area contributed by atoms with E-state index in [9.17, 15) is 9.59 Å². The van der Waals surface area contributed by atoms with E-state index in [0.717, 1.165) is 12.8 Å². The summed E-state index contributed by atoms with van der Waals surface area (Å²) in [4.78, 5) is 23.2. The van der Waals surface area contributed by atoms with Gasteiger partial charge in [-0.1, -0.05) is 39.3 Å². The van der Waals surface area contributed by atoms with Gasteiger partial charge in [-0.25, -0.2) is 4.79 Å². The van der Waals surface area contributed by atoms with Gasteiger partial charge in [0.25, 0.3) is 0 Å². The van der Waals surface area contributed by atoms with Crippen molar-refractivity contribution in [1.82, 2.24) is 5.32 Å². The summed E-state index contributed by atoms with van der Waals surface area (Å²) in [6, 6.07) is 6.34. The number of carbonyl (C=O) groups is 2. The van der Waals surface area contributed by atoms with E-state index in [-0.39, 0.29) is 11.8 Å². The first-order valence-corrected chi connectivity index (χ1v) is 6.93. The van der Waals surface area contributed by atoms with Crippen molar-refractivity contribution in [3.8, 4) is 0 Å². The molecule has 2 atom stereocenters. The monoisotopic (exact) mass is 277 g/mol. The van der Waals surface area contributed by atoms with Gasteiger partial charge in [-0.15, -0.1) is 0 Å². The molecule has 0 radical (unpaired) electrons. The van der Waals surface area contributed by atoms with E-state index < -0.39 is 12.1 Å². The van der Waals surface area contributed by atoms with Crippen molar-refractivity contribution in [2.45, 2.75) is 39.7 Å². The summed E-state index contributed by atoms with van der Waals surface area (Å²) in [5.41, 5.74) is 7.04. The number of nitrogens with two attached hydrogens (primary N) is 1. The van der Waals surface area contributed by atoms with Crippen molar-refractivity contribution < 1.29 is 9.59 Å². The van der Waals surface area contributed by atoms with Crippen molar-refractivity contribution in [3.05, 3.63) is 29.8 Å². The fourth-order valence-electron chi connectivity index (χ4n) is 1.90. The highest BCUT2D eigenvalue weighted by molar-refractivity contribution is 5.97. The molecule has 4 N–H and O–H groups in total. The van der Waals surface area contributed by atoms with E-state index in [4.69, 9.17) is 5.73 Å². The van der Waals surface area contributed by atoms with Crippen LogP contribution in [0.5, 0.6) is 0 Å². The molecular formula is C15H23N3O2. The summed E-state index contributed by atoms with van der Waals surface area (Å²) in [6.45, 7) is 5.94. The van der Waals surface area contributed by atoms with E-state index in [1.165, 1.54) is 5.56 Å². The number of aryl methyl sites for hydroxylation is 1. The molecule has 0 aliphatic heterocycles. The summed E-state index contributed by atoms with van der Waals surface area (Å²) >= 11 is 0. The van der Waals surface area contributed by atoms with Crippen LogP contribution in [0.2, 0.25) is 0 Å². The van der Waals surface area contributed by atoms with E-state index in [2.05, 4.69) is 17.6 Å². The van der Waals surface area contributed by atoms with Crippen molar-refractivity contribution in [2.24, 2.45) is 11.7 Å². The molecule has 0 fully saturated rings. The Labute approximate surface area is 119 Å². The van der Waals surface area contributed by atoms with Gasteiger partial charge in [0, 0.05) is 5.69 Å². The maximum Gasteiger partial charge on any atom is 0.312 e. The van der Waals surface area contributed by atoms with Gasteiger partial charge in [0.2, 0.25) is 5.91 Å². The number of carbonyl (C=O) groups excluding carboxylic acids is 2. The van der Waals surface area contributed by atoms with Crippen LogP contribution in [0.4, 0.5) is 10.5 Å². The van der Waals surface area contributed by atoms with E-state index in [1.54, 1.807) is 0 Å². The zero-order valence-electron chi connectivity index (χ0n) is 12.3. The zero-order chi connectivity index (χ0) is 15.1. The standard InChI is InChI=1S/C15H23N3O2/c1-4-10(3)13(18-15(16)20)14(19)17-12-8-6-11(5-2)7-9-12/h6-10,13H,4-5H2,1-3H3,(H,17,19)(H3,16,18,20)/t10-,13-/m0/s1. The molecule has 5 nitrogen and oxygen atoms in total. The number of urea groups is 1. The molecule has 5 heteroatoms. The molecular weight excluding hydrogens is 254 g/mol. The molecule has 0 aromatic heterocycles. The number of nitrogens with one attached hydrogen (secondary N) is 2. The number of hydrogen-bond donors (Lipinski definition) is 3. The largest absolute Gasteiger partial charge is 0.352 e. The molecule has 0 spiro atoms. The molecule has 0 unspecified atom stereocenters. The van der Waals surface area contributed by atoms with Gasteiger partial charge in [0.15, 0.2) is 0 Å². The molecule has 3 amide bonds. The third-order valence-electron chi connectivity index (χ3n) is 3.42. The summed E-state index contributed by atoms with van der Waals surface area (Å²) in [5, 5.41) is 5.30. The molecule has 0 saturated carbocycles. The smallest absolute Gasteiger partial charge is 0.312 e. The van der Waals surface area contributed by atoms with Crippen LogP contribution in [-0.4, -0.2) is 18.0 Å². The number of benzene rings is 1. The van der Waals surface area contributed by atoms with Crippen LogP contribution in [0.1, 0.15) is 32.8 Å². The summed E-state index contributed by atoms with van der Waals surface area (Å²) in [7, 11) is 0. The second-order valence-corrected chi connectivity index (χ2v) is 4.91. The van der Waals surface area contributed by atoms with E-state index in [1.807, 2.05) is 38.1 Å². The minimum Gasteiger partial charge on any atom is -0.352 e. The van der Waals surface area contributed by atoms with Gasteiger partial charge >= 0.3 is 6.03 Å². The summed E-state index contributed by atoms with van der Waals surface area (Å²) in [5.74, 6) is -0.236. The minimum absolute atomic E-state index is 0.0115. The fourth-order valence-corrected chi connectivity index (χ4v) is 1.90. The number of rotatable bonds is 6. The lowest BCUT2D eigenvalue weighted by molar-refractivity contribution is -0.119. The zero-order valence-corrected chi connectivity index (χ0v) is 12.3. The maximum atomic E-state index is 12.2. The predicted molar refractivity (Wildman–Crippen MR) is 80.4 cm³/mol. The van der Waals surface area contributed by atoms with Crippen LogP contribution < -0.4 is 16.4 Å². The molecule has 1 aromatic carbocycles. The molecule has 0 aliphatic carbocycles. The molecule has 110 valence electrons. The molecule has 1 aromatic rings. The van der Waals surface area contributed by atoms with Crippen LogP contribution in [0, 0.1) is 5.92 Å². The van der Waals surface area contributed by atoms with Gasteiger partial charge in [-0.3, -0.25) is 4.79 Å². The molecule has 20 heavy (non-hydrogen) atoms. The van der Waals surface area contributed by atoms with Crippen LogP contribution in [0.25, 0.3) is 0 Å². The lowest BCUT2D eigenvalue weighted by Crippen LogP contribution is -2.49. The highest BCUT2D eigenvalue weighted by Crippen LogP contribution is 2.13. The van der Waals surface area contributed by atoms with Gasteiger partial charge in [0.1, 0.15) is 6.04 Å². The lowest BCUT2D eigenvalue weighted by atomic mass is 9.98. The van der Waals surface area contributed by atoms with Crippen molar-refractivity contribution >= 4 is 17.6 Å². The SMILES string of the molecule is CCc1ccc(NC(=O)[C@@H](NC(N)=O)[C@@H](C)CC)cc1. The Bertz CT molecular complexity index is 457. The van der Waals surface area contributed by atoms with Crippen LogP contribution >= 0.6 is 0 Å². The second-order valence-electron chi connectivity index (χ2n) is 4.91. The van der Waals surface area contributed by atoms with Crippen LogP contribution in [0.3, 0.4) is 0 Å². The molecule has 1 rings (SSSR count). The second kappa shape index (κ2) is 7.53. The Morgan fingerprint density at radius 1 is 1.20 bits per heavy atom. The highest BCUT2D eigenvalue weighted by atomic mass is 16.2. The van der Waals surface area contributed by atoms with Gasteiger partial charge < -0.3 is 16.4 Å². The first-order chi connectivity index (χ1) is 9.47. The number of hydrogen-bond acceptors (Lipinski definition) is 2. The third kappa shape index (κ3) is 4.57. The molecule has 0 heterocycles. The Morgan fingerprint density at radius 3 is 2.25 bits per heavy atom. The lowest BCUT2D eigenvalue weighted by Gasteiger charge is -2.22. The van der Waals surface area contributed by atoms with Crippen molar-refractivity contribution in [1.29, 1.82) is 0 Å². The first kappa shape index (κ1) is 16.0. The highest BCUT2D eigenvalue weighted by Gasteiger charge is 2.25. The first-order valence-electron chi connectivity index (χ1n) is 6.93. The Kier molecular flexibility index (Phi) is 6.03. The van der Waals surface area contributed by atoms with Gasteiger partial charge in [0.05, 0.1) is 0 Å². The Hall–Kier alpha value is -2.04. The average molecular weight is 277 g/mol. The van der Waals surface area contributed by atoms with Gasteiger partial charge in [-0.05, 0) is 30.0 Å². The molecule has 0 bridgehead atoms. The maximum absolute atomic E-state index is 12.2. The van der Waals surface area contributed by atoms with E-state index in [0.29, 0.717) is 5.69 Å². The summed E-state index contributed by atoms with van der Waals surface area (Å²) in [6.07, 6.45) is 1.72. The number of primary amides is 1. The molecule has 0 saturated heterocycles. The van der Waals surface area contributed by atoms with Crippen molar-refractivity contribution in [3.63, 3.8) is 0 Å². The minimum atomic E-state index is -0.688. The fraction of sp³-hybridized carbons (Fsp3) is 0.467. The predicted octanol–water partition coefficient (Wildman–Crippen LogP) is 2.27.